The molecule has 0 amide bonds. The SMILES string of the molecule is CCc1c(C(=O)CCC#Cc2ccc3nc(Cc4ccc(CN(C)C)cc4)ncc3c2)c(=O)n(Cc2ccc(F)c(F)c2)n1C. The number of fused-ring (bicyclic) bond motifs is 1. The number of rotatable bonds is 10. The van der Waals surface area contributed by atoms with E-state index in [4.69, 9.17) is 4.98 Å². The Morgan fingerprint density at radius 3 is 2.40 bits per heavy atom. The Morgan fingerprint density at radius 1 is 0.956 bits per heavy atom. The first-order chi connectivity index (χ1) is 21.6. The minimum absolute atomic E-state index is 0.0178. The van der Waals surface area contributed by atoms with E-state index in [1.54, 1.807) is 17.9 Å². The van der Waals surface area contributed by atoms with Crippen LogP contribution in [0.2, 0.25) is 0 Å². The summed E-state index contributed by atoms with van der Waals surface area (Å²) in [6, 6.07) is 17.7. The number of carbonyl (C=O) groups is 1. The zero-order chi connectivity index (χ0) is 32.1. The number of benzene rings is 3. The van der Waals surface area contributed by atoms with Gasteiger partial charge >= 0.3 is 0 Å². The third kappa shape index (κ3) is 7.41. The maximum absolute atomic E-state index is 13.7. The van der Waals surface area contributed by atoms with E-state index in [2.05, 4.69) is 46.0 Å². The van der Waals surface area contributed by atoms with Crippen molar-refractivity contribution in [1.82, 2.24) is 24.2 Å². The summed E-state index contributed by atoms with van der Waals surface area (Å²) in [7, 11) is 5.79. The number of carbonyl (C=O) groups excluding carboxylic acids is 1. The lowest BCUT2D eigenvalue weighted by Gasteiger charge is -2.10. The Labute approximate surface area is 261 Å². The van der Waals surface area contributed by atoms with Crippen LogP contribution in [-0.2, 0) is 33.0 Å². The number of hydrogen-bond donors (Lipinski definition) is 0. The molecule has 0 fully saturated rings. The summed E-state index contributed by atoms with van der Waals surface area (Å²) in [5, 5.41) is 0.876. The van der Waals surface area contributed by atoms with Gasteiger partial charge in [0.1, 0.15) is 11.4 Å². The number of ketones is 1. The highest BCUT2D eigenvalue weighted by molar-refractivity contribution is 5.97. The topological polar surface area (TPSA) is 73.0 Å². The molecule has 0 saturated heterocycles. The van der Waals surface area contributed by atoms with Gasteiger partial charge in [0.05, 0.1) is 17.8 Å². The maximum atomic E-state index is 13.7. The highest BCUT2D eigenvalue weighted by Crippen LogP contribution is 2.17. The summed E-state index contributed by atoms with van der Waals surface area (Å²) in [5.41, 5.74) is 4.71. The molecule has 0 atom stereocenters. The van der Waals surface area contributed by atoms with Crippen LogP contribution in [0, 0.1) is 23.5 Å². The van der Waals surface area contributed by atoms with E-state index in [-0.39, 0.29) is 30.7 Å². The second kappa shape index (κ2) is 13.8. The zero-order valence-electron chi connectivity index (χ0n) is 25.9. The molecule has 0 N–H and O–H groups in total. The third-order valence-electron chi connectivity index (χ3n) is 7.64. The van der Waals surface area contributed by atoms with Gasteiger partial charge in [0.15, 0.2) is 17.4 Å². The molecule has 0 radical (unpaired) electrons. The summed E-state index contributed by atoms with van der Waals surface area (Å²) in [6.45, 7) is 2.78. The van der Waals surface area contributed by atoms with Crippen molar-refractivity contribution in [3.63, 3.8) is 0 Å². The summed E-state index contributed by atoms with van der Waals surface area (Å²) < 4.78 is 30.1. The Kier molecular flexibility index (Phi) is 9.65. The molecule has 7 nitrogen and oxygen atoms in total. The summed E-state index contributed by atoms with van der Waals surface area (Å²) in [5.74, 6) is 4.67. The van der Waals surface area contributed by atoms with Crippen molar-refractivity contribution in [2.45, 2.75) is 45.7 Å². The molecule has 0 aliphatic carbocycles. The van der Waals surface area contributed by atoms with Crippen LogP contribution in [0.15, 0.2) is 71.7 Å². The van der Waals surface area contributed by atoms with Gasteiger partial charge in [-0.2, -0.15) is 0 Å². The molecule has 5 aromatic rings. The molecule has 0 saturated carbocycles. The van der Waals surface area contributed by atoms with Crippen molar-refractivity contribution in [1.29, 1.82) is 0 Å². The molecule has 0 aliphatic heterocycles. The van der Waals surface area contributed by atoms with Crippen LogP contribution in [0.4, 0.5) is 8.78 Å². The van der Waals surface area contributed by atoms with Gasteiger partial charge in [-0.1, -0.05) is 49.1 Å². The monoisotopic (exact) mass is 607 g/mol. The lowest BCUT2D eigenvalue weighted by molar-refractivity contribution is 0.0982. The van der Waals surface area contributed by atoms with E-state index in [0.29, 0.717) is 24.1 Å². The first-order valence-corrected chi connectivity index (χ1v) is 14.9. The van der Waals surface area contributed by atoms with Crippen molar-refractivity contribution in [3.8, 4) is 11.8 Å². The van der Waals surface area contributed by atoms with Crippen molar-refractivity contribution in [2.75, 3.05) is 14.1 Å². The molecular formula is C36H35F2N5O2. The van der Waals surface area contributed by atoms with E-state index in [0.717, 1.165) is 46.5 Å². The molecule has 3 aromatic carbocycles. The Balaban J connectivity index is 1.23. The Hall–Kier alpha value is -4.94. The molecular weight excluding hydrogens is 572 g/mol. The van der Waals surface area contributed by atoms with Crippen LogP contribution < -0.4 is 5.56 Å². The Morgan fingerprint density at radius 2 is 1.69 bits per heavy atom. The van der Waals surface area contributed by atoms with Gasteiger partial charge in [-0.3, -0.25) is 14.3 Å². The fourth-order valence-electron chi connectivity index (χ4n) is 5.38. The van der Waals surface area contributed by atoms with Gasteiger partial charge in [0.2, 0.25) is 0 Å². The minimum Gasteiger partial charge on any atom is -0.305 e. The number of aromatic nitrogens is 4. The van der Waals surface area contributed by atoms with Gasteiger partial charge < -0.3 is 4.90 Å². The first kappa shape index (κ1) is 31.5. The van der Waals surface area contributed by atoms with Crippen molar-refractivity contribution < 1.29 is 13.6 Å². The molecule has 45 heavy (non-hydrogen) atoms. The van der Waals surface area contributed by atoms with Crippen LogP contribution in [0.25, 0.3) is 10.9 Å². The van der Waals surface area contributed by atoms with Crippen molar-refractivity contribution >= 4 is 16.7 Å². The summed E-state index contributed by atoms with van der Waals surface area (Å²) in [4.78, 5) is 37.8. The van der Waals surface area contributed by atoms with E-state index in [1.807, 2.05) is 39.2 Å². The normalized spacial score (nSPS) is 11.2. The average molecular weight is 608 g/mol. The number of halogens is 2. The highest BCUT2D eigenvalue weighted by atomic mass is 19.2. The average Bonchev–Trinajstić information content (AvgIpc) is 3.26. The standard InChI is InChI=1S/C36H35F2N5O2/c1-5-32-35(36(45)43(42(32)4)23-27-14-16-29(37)30(38)19-27)33(44)9-7-6-8-24-15-17-31-28(18-24)21-39-34(40-31)20-25-10-12-26(13-11-25)22-41(2)3/h10-19,21H,5,7,9,20,22-23H2,1-4H3. The maximum Gasteiger partial charge on any atom is 0.278 e. The molecule has 2 aromatic heterocycles. The second-order valence-corrected chi connectivity index (χ2v) is 11.3. The van der Waals surface area contributed by atoms with Crippen LogP contribution in [0.1, 0.15) is 63.9 Å². The van der Waals surface area contributed by atoms with Gasteiger partial charge in [-0.25, -0.2) is 23.4 Å². The molecule has 5 rings (SSSR count). The zero-order valence-corrected chi connectivity index (χ0v) is 25.9. The van der Waals surface area contributed by atoms with E-state index >= 15 is 0 Å². The molecule has 230 valence electrons. The van der Waals surface area contributed by atoms with Crippen LogP contribution in [-0.4, -0.2) is 44.1 Å². The number of nitrogens with zero attached hydrogens (tertiary/aromatic N) is 5. The van der Waals surface area contributed by atoms with Gasteiger partial charge in [-0.15, -0.1) is 0 Å². The minimum atomic E-state index is -0.985. The summed E-state index contributed by atoms with van der Waals surface area (Å²) >= 11 is 0. The molecule has 0 spiro atoms. The lowest BCUT2D eigenvalue weighted by atomic mass is 10.1. The third-order valence-corrected chi connectivity index (χ3v) is 7.64. The largest absolute Gasteiger partial charge is 0.305 e. The highest BCUT2D eigenvalue weighted by Gasteiger charge is 2.22. The van der Waals surface area contributed by atoms with Crippen LogP contribution in [0.3, 0.4) is 0 Å². The van der Waals surface area contributed by atoms with Crippen molar-refractivity contribution in [3.05, 3.63) is 128 Å². The fraction of sp³-hybridized carbons (Fsp3) is 0.278. The van der Waals surface area contributed by atoms with Gasteiger partial charge in [0, 0.05) is 50.0 Å². The van der Waals surface area contributed by atoms with Gasteiger partial charge in [-0.05, 0) is 67.5 Å². The van der Waals surface area contributed by atoms with Crippen molar-refractivity contribution in [2.24, 2.45) is 7.05 Å². The van der Waals surface area contributed by atoms with Crippen LogP contribution in [0.5, 0.6) is 0 Å². The smallest absolute Gasteiger partial charge is 0.278 e. The molecule has 0 unspecified atom stereocenters. The number of Topliss-reactive ketones (excluding diaryl/α,β-unsaturated/α-hetero) is 1. The summed E-state index contributed by atoms with van der Waals surface area (Å²) in [6.07, 6.45) is 3.28. The van der Waals surface area contributed by atoms with Crippen LogP contribution >= 0.6 is 0 Å². The second-order valence-electron chi connectivity index (χ2n) is 11.3. The quantitative estimate of drug-likeness (QED) is 0.151. The Bertz CT molecular complexity index is 1980. The number of hydrogen-bond acceptors (Lipinski definition) is 5. The molecule has 0 aliphatic rings. The lowest BCUT2D eigenvalue weighted by Crippen LogP contribution is -2.25. The predicted molar refractivity (Wildman–Crippen MR) is 171 cm³/mol. The van der Waals surface area contributed by atoms with Gasteiger partial charge in [0.25, 0.3) is 5.56 Å². The molecule has 0 bridgehead atoms. The van der Waals surface area contributed by atoms with E-state index < -0.39 is 17.2 Å². The molecule has 9 heteroatoms. The molecule has 2 heterocycles. The van der Waals surface area contributed by atoms with E-state index in [1.165, 1.54) is 16.3 Å². The fourth-order valence-corrected chi connectivity index (χ4v) is 5.38. The first-order valence-electron chi connectivity index (χ1n) is 14.9. The van der Waals surface area contributed by atoms with E-state index in [9.17, 15) is 18.4 Å². The predicted octanol–water partition coefficient (Wildman–Crippen LogP) is 5.69.